The Morgan fingerprint density at radius 3 is 1.84 bits per heavy atom. The smallest absolute Gasteiger partial charge is 0.320 e. The number of carbonyl (C=O) groups is 2. The van der Waals surface area contributed by atoms with Crippen molar-refractivity contribution in [2.45, 2.75) is 13.8 Å². The number of hydrogen-bond acceptors (Lipinski definition) is 4. The molecule has 7 nitrogen and oxygen atoms in total. The van der Waals surface area contributed by atoms with E-state index in [1.54, 1.807) is 42.2 Å². The number of methoxy groups -OCH3 is 2. The van der Waals surface area contributed by atoms with E-state index in [0.29, 0.717) is 56.3 Å². The van der Waals surface area contributed by atoms with E-state index < -0.39 is 0 Å². The molecule has 0 aromatic heterocycles. The van der Waals surface area contributed by atoms with E-state index in [1.165, 1.54) is 0 Å². The summed E-state index contributed by atoms with van der Waals surface area (Å²) in [5.74, 6) is 1.09. The molecule has 0 atom stereocenters. The summed E-state index contributed by atoms with van der Waals surface area (Å²) in [4.78, 5) is 30.5. The lowest BCUT2D eigenvalue weighted by atomic mass is 10.1. The first kappa shape index (κ1) is 18.9. The molecule has 0 spiro atoms. The first-order chi connectivity index (χ1) is 12.0. The maximum atomic E-state index is 12.8. The minimum atomic E-state index is -0.0767. The third-order valence-corrected chi connectivity index (χ3v) is 4.47. The van der Waals surface area contributed by atoms with Gasteiger partial charge in [0.2, 0.25) is 0 Å². The van der Waals surface area contributed by atoms with Gasteiger partial charge in [-0.15, -0.1) is 0 Å². The lowest BCUT2D eigenvalue weighted by molar-refractivity contribution is 0.0641. The summed E-state index contributed by atoms with van der Waals surface area (Å²) < 4.78 is 10.5. The number of nitrogens with zero attached hydrogens (tertiary/aromatic N) is 3. The molecule has 7 heteroatoms. The highest BCUT2D eigenvalue weighted by Gasteiger charge is 2.27. The van der Waals surface area contributed by atoms with Gasteiger partial charge in [0.15, 0.2) is 0 Å². The van der Waals surface area contributed by atoms with Gasteiger partial charge in [0.25, 0.3) is 5.91 Å². The molecule has 0 unspecified atom stereocenters. The zero-order valence-electron chi connectivity index (χ0n) is 15.4. The van der Waals surface area contributed by atoms with Gasteiger partial charge in [-0.3, -0.25) is 4.79 Å². The molecule has 0 bridgehead atoms. The Morgan fingerprint density at radius 2 is 1.40 bits per heavy atom. The number of carbonyl (C=O) groups excluding carboxylic acids is 2. The summed E-state index contributed by atoms with van der Waals surface area (Å²) in [7, 11) is 3.11. The Morgan fingerprint density at radius 1 is 0.920 bits per heavy atom. The van der Waals surface area contributed by atoms with Crippen LogP contribution in [0.1, 0.15) is 24.2 Å². The molecule has 138 valence electrons. The molecular formula is C18H27N3O4. The van der Waals surface area contributed by atoms with E-state index in [1.807, 2.05) is 18.7 Å². The average molecular weight is 349 g/mol. The van der Waals surface area contributed by atoms with Gasteiger partial charge in [0.05, 0.1) is 14.2 Å². The summed E-state index contributed by atoms with van der Waals surface area (Å²) in [5.41, 5.74) is 0.528. The number of amides is 3. The van der Waals surface area contributed by atoms with Crippen LogP contribution in [-0.4, -0.2) is 80.1 Å². The molecule has 25 heavy (non-hydrogen) atoms. The van der Waals surface area contributed by atoms with Crippen LogP contribution in [0.2, 0.25) is 0 Å². The van der Waals surface area contributed by atoms with Gasteiger partial charge in [-0.25, -0.2) is 4.79 Å². The fourth-order valence-corrected chi connectivity index (χ4v) is 2.91. The van der Waals surface area contributed by atoms with Crippen molar-refractivity contribution in [3.63, 3.8) is 0 Å². The van der Waals surface area contributed by atoms with Gasteiger partial charge < -0.3 is 24.2 Å². The van der Waals surface area contributed by atoms with Crippen molar-refractivity contribution in [2.24, 2.45) is 0 Å². The second-order valence-electron chi connectivity index (χ2n) is 5.84. The number of hydrogen-bond donors (Lipinski definition) is 0. The quantitative estimate of drug-likeness (QED) is 0.815. The van der Waals surface area contributed by atoms with Crippen LogP contribution in [0.3, 0.4) is 0 Å². The second-order valence-corrected chi connectivity index (χ2v) is 5.84. The SMILES string of the molecule is CCN(CC)C(=O)N1CCN(C(=O)c2cc(OC)cc(OC)c2)CC1. The molecule has 0 N–H and O–H groups in total. The van der Waals surface area contributed by atoms with Crippen LogP contribution in [0.4, 0.5) is 4.79 Å². The normalized spacial score (nSPS) is 14.2. The zero-order valence-corrected chi connectivity index (χ0v) is 15.4. The lowest BCUT2D eigenvalue weighted by Crippen LogP contribution is -2.54. The van der Waals surface area contributed by atoms with Crippen LogP contribution in [-0.2, 0) is 0 Å². The van der Waals surface area contributed by atoms with Crippen molar-refractivity contribution in [1.29, 1.82) is 0 Å². The third-order valence-electron chi connectivity index (χ3n) is 4.47. The molecule has 3 amide bonds. The highest BCUT2D eigenvalue weighted by atomic mass is 16.5. The predicted octanol–water partition coefficient (Wildman–Crippen LogP) is 1.92. The maximum Gasteiger partial charge on any atom is 0.320 e. The van der Waals surface area contributed by atoms with Crippen LogP contribution in [0, 0.1) is 0 Å². The topological polar surface area (TPSA) is 62.3 Å². The summed E-state index contributed by atoms with van der Waals surface area (Å²) >= 11 is 0. The standard InChI is InChI=1S/C18H27N3O4/c1-5-19(6-2)18(23)21-9-7-20(8-10-21)17(22)14-11-15(24-3)13-16(12-14)25-4/h11-13H,5-10H2,1-4H3. The molecule has 2 rings (SSSR count). The molecule has 1 heterocycles. The van der Waals surface area contributed by atoms with E-state index in [4.69, 9.17) is 9.47 Å². The van der Waals surface area contributed by atoms with Crippen molar-refractivity contribution < 1.29 is 19.1 Å². The Hall–Kier alpha value is -2.44. The number of ether oxygens (including phenoxy) is 2. The van der Waals surface area contributed by atoms with E-state index in [0.717, 1.165) is 0 Å². The second kappa shape index (κ2) is 8.60. The van der Waals surface area contributed by atoms with Crippen molar-refractivity contribution in [3.8, 4) is 11.5 Å². The minimum Gasteiger partial charge on any atom is -0.497 e. The highest BCUT2D eigenvalue weighted by Crippen LogP contribution is 2.23. The van der Waals surface area contributed by atoms with Crippen LogP contribution in [0.5, 0.6) is 11.5 Å². The molecule has 1 saturated heterocycles. The maximum absolute atomic E-state index is 12.8. The van der Waals surface area contributed by atoms with E-state index >= 15 is 0 Å². The first-order valence-corrected chi connectivity index (χ1v) is 8.60. The van der Waals surface area contributed by atoms with Gasteiger partial charge in [-0.1, -0.05) is 0 Å². The van der Waals surface area contributed by atoms with Crippen molar-refractivity contribution >= 4 is 11.9 Å². The van der Waals surface area contributed by atoms with Gasteiger partial charge in [-0.05, 0) is 26.0 Å². The molecule has 0 saturated carbocycles. The summed E-state index contributed by atoms with van der Waals surface area (Å²) in [6.07, 6.45) is 0. The largest absolute Gasteiger partial charge is 0.497 e. The Balaban J connectivity index is 2.03. The van der Waals surface area contributed by atoms with Crippen molar-refractivity contribution in [1.82, 2.24) is 14.7 Å². The van der Waals surface area contributed by atoms with Crippen LogP contribution < -0.4 is 9.47 Å². The van der Waals surface area contributed by atoms with Crippen LogP contribution >= 0.6 is 0 Å². The zero-order chi connectivity index (χ0) is 18.4. The molecule has 0 aliphatic carbocycles. The van der Waals surface area contributed by atoms with Gasteiger partial charge >= 0.3 is 6.03 Å². The Labute approximate surface area is 149 Å². The van der Waals surface area contributed by atoms with E-state index in [-0.39, 0.29) is 11.9 Å². The summed E-state index contributed by atoms with van der Waals surface area (Å²) in [5, 5.41) is 0. The first-order valence-electron chi connectivity index (χ1n) is 8.60. The molecule has 1 aromatic rings. The lowest BCUT2D eigenvalue weighted by Gasteiger charge is -2.37. The minimum absolute atomic E-state index is 0.0418. The monoisotopic (exact) mass is 349 g/mol. The number of rotatable bonds is 5. The van der Waals surface area contributed by atoms with Crippen molar-refractivity contribution in [2.75, 3.05) is 53.5 Å². The Kier molecular flexibility index (Phi) is 6.50. The Bertz CT molecular complexity index is 586. The van der Waals surface area contributed by atoms with E-state index in [2.05, 4.69) is 0 Å². The fraction of sp³-hybridized carbons (Fsp3) is 0.556. The number of piperazine rings is 1. The molecular weight excluding hydrogens is 322 g/mol. The molecule has 1 aliphatic rings. The van der Waals surface area contributed by atoms with E-state index in [9.17, 15) is 9.59 Å². The highest BCUT2D eigenvalue weighted by molar-refractivity contribution is 5.95. The molecule has 1 fully saturated rings. The summed E-state index contributed by atoms with van der Waals surface area (Å²) in [6, 6.07) is 5.19. The molecule has 0 radical (unpaired) electrons. The molecule has 1 aliphatic heterocycles. The third kappa shape index (κ3) is 4.35. The van der Waals surface area contributed by atoms with Crippen LogP contribution in [0.25, 0.3) is 0 Å². The van der Waals surface area contributed by atoms with Gasteiger partial charge in [-0.2, -0.15) is 0 Å². The predicted molar refractivity (Wildman–Crippen MR) is 95.3 cm³/mol. The number of urea groups is 1. The number of benzene rings is 1. The van der Waals surface area contributed by atoms with Gasteiger partial charge in [0.1, 0.15) is 11.5 Å². The summed E-state index contributed by atoms with van der Waals surface area (Å²) in [6.45, 7) is 7.45. The van der Waals surface area contributed by atoms with Crippen LogP contribution in [0.15, 0.2) is 18.2 Å². The van der Waals surface area contributed by atoms with Crippen molar-refractivity contribution in [3.05, 3.63) is 23.8 Å². The average Bonchev–Trinajstić information content (AvgIpc) is 2.67. The fourth-order valence-electron chi connectivity index (χ4n) is 2.91. The van der Waals surface area contributed by atoms with Gasteiger partial charge in [0, 0.05) is 50.9 Å². The molecule has 1 aromatic carbocycles.